The molecule has 0 radical (unpaired) electrons. The second-order valence-electron chi connectivity index (χ2n) is 7.35. The smallest absolute Gasteiger partial charge is 0.274 e. The van der Waals surface area contributed by atoms with E-state index in [1.807, 2.05) is 17.0 Å². The molecule has 2 heterocycles. The summed E-state index contributed by atoms with van der Waals surface area (Å²) in [7, 11) is 0. The lowest BCUT2D eigenvalue weighted by atomic mass is 10.0. The Labute approximate surface area is 179 Å². The summed E-state index contributed by atoms with van der Waals surface area (Å²) in [5, 5.41) is 10.0. The van der Waals surface area contributed by atoms with Gasteiger partial charge in [0.15, 0.2) is 0 Å². The van der Waals surface area contributed by atoms with Crippen LogP contribution in [0, 0.1) is 0 Å². The molecule has 1 aliphatic rings. The van der Waals surface area contributed by atoms with Crippen LogP contribution < -0.4 is 10.2 Å². The molecule has 0 saturated heterocycles. The van der Waals surface area contributed by atoms with Crippen molar-refractivity contribution in [1.29, 1.82) is 0 Å². The second-order valence-corrected chi connectivity index (χ2v) is 8.40. The summed E-state index contributed by atoms with van der Waals surface area (Å²) >= 11 is 1.56. The van der Waals surface area contributed by atoms with Gasteiger partial charge in [0.25, 0.3) is 11.8 Å². The first-order chi connectivity index (χ1) is 14.6. The van der Waals surface area contributed by atoms with E-state index in [1.165, 1.54) is 5.39 Å². The van der Waals surface area contributed by atoms with Gasteiger partial charge in [-0.15, -0.1) is 11.3 Å². The van der Waals surface area contributed by atoms with Gasteiger partial charge in [-0.1, -0.05) is 37.6 Å². The number of carbonyl (C=O) groups excluding carboxylic acids is 2. The number of aryl methyl sites for hydroxylation is 1. The summed E-state index contributed by atoms with van der Waals surface area (Å²) in [4.78, 5) is 27.8. The molecule has 1 aromatic heterocycles. The summed E-state index contributed by atoms with van der Waals surface area (Å²) in [6.45, 7) is 3.38. The molecule has 0 spiro atoms. The Morgan fingerprint density at radius 1 is 1.23 bits per heavy atom. The minimum absolute atomic E-state index is 0.0240. The number of unbranched alkanes of at least 4 members (excludes halogenated alkanes) is 1. The number of amides is 2. The molecular formula is C23H24N2O4S. The summed E-state index contributed by atoms with van der Waals surface area (Å²) in [5.74, 6) is -0.00528. The number of rotatable bonds is 5. The van der Waals surface area contributed by atoms with Crippen LogP contribution >= 0.6 is 11.3 Å². The van der Waals surface area contributed by atoms with Gasteiger partial charge in [-0.2, -0.15) is 0 Å². The minimum atomic E-state index is -0.593. The normalized spacial score (nSPS) is 13.5. The van der Waals surface area contributed by atoms with Crippen LogP contribution in [0.4, 0.5) is 0 Å². The zero-order valence-electron chi connectivity index (χ0n) is 16.8. The standard InChI is InChI=1S/C23H24N2O4S/c1-2-3-6-18-17-7-4-5-8-20(17)30-21(18)23(27)25-11-12-29-19-13-15(22(26)24-28)9-10-16(19)14-25/h4-5,7-10,13,28H,2-3,6,11-12,14H2,1H3,(H,24,26). The van der Waals surface area contributed by atoms with Gasteiger partial charge in [-0.3, -0.25) is 14.8 Å². The lowest BCUT2D eigenvalue weighted by molar-refractivity contribution is 0.0705. The van der Waals surface area contributed by atoms with E-state index < -0.39 is 5.91 Å². The number of hydrogen-bond donors (Lipinski definition) is 2. The highest BCUT2D eigenvalue weighted by Crippen LogP contribution is 2.34. The van der Waals surface area contributed by atoms with Gasteiger partial charge in [0.1, 0.15) is 12.4 Å². The summed E-state index contributed by atoms with van der Waals surface area (Å²) < 4.78 is 6.94. The fourth-order valence-corrected chi connectivity index (χ4v) is 4.99. The number of ether oxygens (including phenoxy) is 1. The molecule has 7 heteroatoms. The lowest BCUT2D eigenvalue weighted by Crippen LogP contribution is -2.32. The SMILES string of the molecule is CCCCc1c(C(=O)N2CCOc3cc(C(=O)NO)ccc3C2)sc2ccccc12. The Hall–Kier alpha value is -2.90. The first-order valence-corrected chi connectivity index (χ1v) is 10.9. The Morgan fingerprint density at radius 2 is 2.07 bits per heavy atom. The number of carbonyl (C=O) groups is 2. The van der Waals surface area contributed by atoms with Crippen molar-refractivity contribution in [1.82, 2.24) is 10.4 Å². The van der Waals surface area contributed by atoms with E-state index in [2.05, 4.69) is 19.1 Å². The topological polar surface area (TPSA) is 78.9 Å². The molecular weight excluding hydrogens is 400 g/mol. The monoisotopic (exact) mass is 424 g/mol. The van der Waals surface area contributed by atoms with Gasteiger partial charge >= 0.3 is 0 Å². The molecule has 2 amide bonds. The molecule has 0 fully saturated rings. The van der Waals surface area contributed by atoms with Gasteiger partial charge in [-0.25, -0.2) is 5.48 Å². The molecule has 2 aromatic carbocycles. The molecule has 0 saturated carbocycles. The first-order valence-electron chi connectivity index (χ1n) is 10.1. The van der Waals surface area contributed by atoms with E-state index in [9.17, 15) is 9.59 Å². The largest absolute Gasteiger partial charge is 0.491 e. The Bertz CT molecular complexity index is 1090. The average molecular weight is 425 g/mol. The van der Waals surface area contributed by atoms with E-state index in [4.69, 9.17) is 9.94 Å². The van der Waals surface area contributed by atoms with Crippen molar-refractivity contribution in [3.63, 3.8) is 0 Å². The zero-order valence-corrected chi connectivity index (χ0v) is 17.6. The van der Waals surface area contributed by atoms with Crippen LogP contribution in [-0.2, 0) is 13.0 Å². The van der Waals surface area contributed by atoms with E-state index in [0.29, 0.717) is 31.0 Å². The van der Waals surface area contributed by atoms with Gasteiger partial charge in [0.2, 0.25) is 0 Å². The lowest BCUT2D eigenvalue weighted by Gasteiger charge is -2.20. The molecule has 6 nitrogen and oxygen atoms in total. The van der Waals surface area contributed by atoms with Crippen molar-refractivity contribution >= 4 is 33.2 Å². The molecule has 3 aromatic rings. The minimum Gasteiger partial charge on any atom is -0.491 e. The Balaban J connectivity index is 1.65. The number of thiophene rings is 1. The number of fused-ring (bicyclic) bond motifs is 2. The maximum absolute atomic E-state index is 13.5. The van der Waals surface area contributed by atoms with Crippen LogP contribution in [0.15, 0.2) is 42.5 Å². The van der Waals surface area contributed by atoms with E-state index in [0.717, 1.165) is 40.0 Å². The van der Waals surface area contributed by atoms with Crippen LogP contribution in [-0.4, -0.2) is 35.1 Å². The van der Waals surface area contributed by atoms with Crippen LogP contribution in [0.1, 0.15) is 50.9 Å². The molecule has 4 rings (SSSR count). The van der Waals surface area contributed by atoms with E-state index in [1.54, 1.807) is 35.0 Å². The quantitative estimate of drug-likeness (QED) is 0.470. The van der Waals surface area contributed by atoms with Crippen molar-refractivity contribution in [3.05, 3.63) is 64.0 Å². The molecule has 1 aliphatic heterocycles. The van der Waals surface area contributed by atoms with Crippen molar-refractivity contribution in [3.8, 4) is 5.75 Å². The fourth-order valence-electron chi connectivity index (χ4n) is 3.77. The number of hydroxylamine groups is 1. The molecule has 2 N–H and O–H groups in total. The molecule has 0 aliphatic carbocycles. The number of hydrogen-bond acceptors (Lipinski definition) is 5. The molecule has 0 unspecified atom stereocenters. The third kappa shape index (κ3) is 3.91. The molecule has 0 bridgehead atoms. The van der Waals surface area contributed by atoms with Crippen LogP contribution in [0.3, 0.4) is 0 Å². The van der Waals surface area contributed by atoms with Crippen LogP contribution in [0.25, 0.3) is 10.1 Å². The maximum Gasteiger partial charge on any atom is 0.274 e. The summed E-state index contributed by atoms with van der Waals surface area (Å²) in [6, 6.07) is 13.2. The highest BCUT2D eigenvalue weighted by atomic mass is 32.1. The Morgan fingerprint density at radius 3 is 2.87 bits per heavy atom. The van der Waals surface area contributed by atoms with E-state index >= 15 is 0 Å². The predicted molar refractivity (Wildman–Crippen MR) is 116 cm³/mol. The van der Waals surface area contributed by atoms with Crippen LogP contribution in [0.5, 0.6) is 5.75 Å². The van der Waals surface area contributed by atoms with Gasteiger partial charge in [-0.05, 0) is 42.0 Å². The first kappa shape index (κ1) is 20.4. The number of nitrogens with one attached hydrogen (secondary N) is 1. The van der Waals surface area contributed by atoms with Crippen molar-refractivity contribution in [2.24, 2.45) is 0 Å². The van der Waals surface area contributed by atoms with Gasteiger partial charge in [0, 0.05) is 22.4 Å². The highest BCUT2D eigenvalue weighted by Gasteiger charge is 2.26. The van der Waals surface area contributed by atoms with Crippen molar-refractivity contribution in [2.45, 2.75) is 32.7 Å². The fraction of sp³-hybridized carbons (Fsp3) is 0.304. The van der Waals surface area contributed by atoms with Gasteiger partial charge in [0.05, 0.1) is 11.4 Å². The predicted octanol–water partition coefficient (Wildman–Crippen LogP) is 4.40. The average Bonchev–Trinajstić information content (AvgIpc) is 3.00. The second kappa shape index (κ2) is 8.85. The van der Waals surface area contributed by atoms with E-state index in [-0.39, 0.29) is 5.91 Å². The van der Waals surface area contributed by atoms with Crippen molar-refractivity contribution < 1.29 is 19.5 Å². The summed E-state index contributed by atoms with van der Waals surface area (Å²) in [5.41, 5.74) is 3.92. The number of nitrogens with zero attached hydrogens (tertiary/aromatic N) is 1. The number of benzene rings is 2. The van der Waals surface area contributed by atoms with Gasteiger partial charge < -0.3 is 9.64 Å². The molecule has 30 heavy (non-hydrogen) atoms. The zero-order chi connectivity index (χ0) is 21.1. The Kier molecular flexibility index (Phi) is 6.01. The van der Waals surface area contributed by atoms with Crippen molar-refractivity contribution in [2.75, 3.05) is 13.2 Å². The van der Waals surface area contributed by atoms with Crippen LogP contribution in [0.2, 0.25) is 0 Å². The summed E-state index contributed by atoms with van der Waals surface area (Å²) in [6.07, 6.45) is 3.01. The molecule has 156 valence electrons. The third-order valence-corrected chi connectivity index (χ3v) is 6.57. The molecule has 0 atom stereocenters. The maximum atomic E-state index is 13.5. The third-order valence-electron chi connectivity index (χ3n) is 5.37. The highest BCUT2D eigenvalue weighted by molar-refractivity contribution is 7.21.